The summed E-state index contributed by atoms with van der Waals surface area (Å²) in [5, 5.41) is 28.1. The Hall–Kier alpha value is -1.71. The molecule has 0 spiro atoms. The molecule has 1 rings (SSSR count). The van der Waals surface area contributed by atoms with Gasteiger partial charge in [0, 0.05) is 5.56 Å². The molecule has 0 amide bonds. The summed E-state index contributed by atoms with van der Waals surface area (Å²) in [6, 6.07) is 1.41. The van der Waals surface area contributed by atoms with Crippen LogP contribution in [0.2, 0.25) is 0 Å². The van der Waals surface area contributed by atoms with Gasteiger partial charge in [0.05, 0.1) is 5.56 Å². The fourth-order valence-corrected chi connectivity index (χ4v) is 1.57. The molecule has 3 N–H and O–H groups in total. The highest BCUT2D eigenvalue weighted by atomic mass is 16.4. The van der Waals surface area contributed by atoms with Crippen LogP contribution < -0.4 is 0 Å². The Labute approximate surface area is 87.8 Å². The molecule has 0 aromatic heterocycles. The van der Waals surface area contributed by atoms with Crippen LogP contribution in [-0.2, 0) is 12.8 Å². The molecule has 0 bridgehead atoms. The van der Waals surface area contributed by atoms with E-state index in [1.54, 1.807) is 13.8 Å². The fourth-order valence-electron chi connectivity index (χ4n) is 1.57. The first-order valence-electron chi connectivity index (χ1n) is 4.82. The first kappa shape index (κ1) is 11.4. The molecule has 0 aliphatic carbocycles. The number of rotatable bonds is 3. The maximum Gasteiger partial charge on any atom is 0.336 e. The van der Waals surface area contributed by atoms with Crippen molar-refractivity contribution in [2.75, 3.05) is 0 Å². The summed E-state index contributed by atoms with van der Waals surface area (Å²) >= 11 is 0. The molecule has 15 heavy (non-hydrogen) atoms. The number of carbonyl (C=O) groups is 1. The van der Waals surface area contributed by atoms with E-state index in [1.807, 2.05) is 0 Å². The number of phenols is 2. The van der Waals surface area contributed by atoms with Gasteiger partial charge in [-0.2, -0.15) is 0 Å². The summed E-state index contributed by atoms with van der Waals surface area (Å²) in [4.78, 5) is 10.9. The summed E-state index contributed by atoms with van der Waals surface area (Å²) in [5.74, 6) is -1.61. The lowest BCUT2D eigenvalue weighted by Crippen LogP contribution is -2.04. The van der Waals surface area contributed by atoms with Crippen LogP contribution in [0.25, 0.3) is 0 Å². The van der Waals surface area contributed by atoms with Gasteiger partial charge in [0.25, 0.3) is 0 Å². The average Bonchev–Trinajstić information content (AvgIpc) is 2.21. The first-order chi connectivity index (χ1) is 7.02. The molecule has 0 atom stereocenters. The van der Waals surface area contributed by atoms with Crippen LogP contribution in [0.4, 0.5) is 0 Å². The Bertz CT molecular complexity index is 396. The quantitative estimate of drug-likeness (QED) is 0.666. The van der Waals surface area contributed by atoms with Crippen molar-refractivity contribution in [1.29, 1.82) is 0 Å². The molecule has 0 aliphatic rings. The van der Waals surface area contributed by atoms with Crippen molar-refractivity contribution in [1.82, 2.24) is 0 Å². The Kier molecular flexibility index (Phi) is 3.19. The second-order valence-corrected chi connectivity index (χ2v) is 3.27. The number of hydrogen-bond acceptors (Lipinski definition) is 3. The smallest absolute Gasteiger partial charge is 0.336 e. The first-order valence-corrected chi connectivity index (χ1v) is 4.82. The van der Waals surface area contributed by atoms with E-state index in [0.717, 1.165) is 0 Å². The van der Waals surface area contributed by atoms with Crippen LogP contribution in [-0.4, -0.2) is 21.3 Å². The Morgan fingerprint density at radius 2 is 1.80 bits per heavy atom. The SMILES string of the molecule is CCc1cc(C(=O)O)c(CC)c(O)c1O. The minimum Gasteiger partial charge on any atom is -0.504 e. The van der Waals surface area contributed by atoms with E-state index in [9.17, 15) is 15.0 Å². The van der Waals surface area contributed by atoms with Crippen molar-refractivity contribution in [3.8, 4) is 11.5 Å². The normalized spacial score (nSPS) is 10.3. The molecule has 0 radical (unpaired) electrons. The van der Waals surface area contributed by atoms with Crippen LogP contribution in [0.3, 0.4) is 0 Å². The number of benzene rings is 1. The maximum atomic E-state index is 10.9. The van der Waals surface area contributed by atoms with Crippen molar-refractivity contribution >= 4 is 5.97 Å². The van der Waals surface area contributed by atoms with Crippen LogP contribution >= 0.6 is 0 Å². The lowest BCUT2D eigenvalue weighted by Gasteiger charge is -2.11. The van der Waals surface area contributed by atoms with E-state index >= 15 is 0 Å². The van der Waals surface area contributed by atoms with Gasteiger partial charge in [-0.25, -0.2) is 4.79 Å². The zero-order chi connectivity index (χ0) is 11.6. The molecular weight excluding hydrogens is 196 g/mol. The van der Waals surface area contributed by atoms with Crippen LogP contribution in [0, 0.1) is 0 Å². The predicted molar refractivity (Wildman–Crippen MR) is 55.5 cm³/mol. The van der Waals surface area contributed by atoms with Crippen LogP contribution in [0.1, 0.15) is 35.3 Å². The lowest BCUT2D eigenvalue weighted by molar-refractivity contribution is 0.0695. The highest BCUT2D eigenvalue weighted by Gasteiger charge is 2.18. The molecule has 0 heterocycles. The molecule has 82 valence electrons. The van der Waals surface area contributed by atoms with Crippen molar-refractivity contribution < 1.29 is 20.1 Å². The summed E-state index contributed by atoms with van der Waals surface area (Å²) in [5.41, 5.74) is 0.781. The van der Waals surface area contributed by atoms with E-state index in [2.05, 4.69) is 0 Å². The molecule has 0 fully saturated rings. The van der Waals surface area contributed by atoms with Gasteiger partial charge in [0.1, 0.15) is 0 Å². The molecule has 1 aromatic carbocycles. The van der Waals surface area contributed by atoms with E-state index < -0.39 is 5.97 Å². The number of hydrogen-bond donors (Lipinski definition) is 3. The number of aromatic carboxylic acids is 1. The van der Waals surface area contributed by atoms with E-state index in [4.69, 9.17) is 5.11 Å². The minimum absolute atomic E-state index is 0.0599. The molecule has 1 aromatic rings. The number of carboxylic acid groups (broad SMARTS) is 1. The van der Waals surface area contributed by atoms with E-state index in [-0.39, 0.29) is 22.6 Å². The molecule has 4 heteroatoms. The molecule has 0 saturated heterocycles. The molecule has 0 saturated carbocycles. The minimum atomic E-state index is -1.09. The number of aryl methyl sites for hydroxylation is 1. The molecule has 4 nitrogen and oxygen atoms in total. The Balaban J connectivity index is 3.51. The zero-order valence-corrected chi connectivity index (χ0v) is 8.74. The monoisotopic (exact) mass is 210 g/mol. The second kappa shape index (κ2) is 4.21. The maximum absolute atomic E-state index is 10.9. The average molecular weight is 210 g/mol. The van der Waals surface area contributed by atoms with Gasteiger partial charge in [-0.05, 0) is 24.5 Å². The second-order valence-electron chi connectivity index (χ2n) is 3.27. The number of carboxylic acids is 1. The van der Waals surface area contributed by atoms with Crippen LogP contribution in [0.15, 0.2) is 6.07 Å². The third kappa shape index (κ3) is 1.88. The van der Waals surface area contributed by atoms with Crippen molar-refractivity contribution in [3.63, 3.8) is 0 Å². The number of aromatic hydroxyl groups is 2. The van der Waals surface area contributed by atoms with Gasteiger partial charge in [0.15, 0.2) is 11.5 Å². The van der Waals surface area contributed by atoms with Gasteiger partial charge < -0.3 is 15.3 Å². The van der Waals surface area contributed by atoms with Gasteiger partial charge in [-0.1, -0.05) is 13.8 Å². The third-order valence-electron chi connectivity index (χ3n) is 2.42. The van der Waals surface area contributed by atoms with Gasteiger partial charge in [0.2, 0.25) is 0 Å². The lowest BCUT2D eigenvalue weighted by atomic mass is 9.98. The highest BCUT2D eigenvalue weighted by Crippen LogP contribution is 2.35. The summed E-state index contributed by atoms with van der Waals surface area (Å²) in [7, 11) is 0. The molecule has 0 aliphatic heterocycles. The third-order valence-corrected chi connectivity index (χ3v) is 2.42. The summed E-state index contributed by atoms with van der Waals surface area (Å²) in [6.07, 6.45) is 0.842. The largest absolute Gasteiger partial charge is 0.504 e. The van der Waals surface area contributed by atoms with Crippen LogP contribution in [0.5, 0.6) is 11.5 Å². The molecule has 0 unspecified atom stereocenters. The standard InChI is InChI=1S/C11H14O4/c1-3-6-5-8(11(14)15)7(4-2)10(13)9(6)12/h5,12-13H,3-4H2,1-2H3,(H,14,15). The van der Waals surface area contributed by atoms with Gasteiger partial charge in [-0.15, -0.1) is 0 Å². The van der Waals surface area contributed by atoms with Crippen molar-refractivity contribution in [2.24, 2.45) is 0 Å². The Morgan fingerprint density at radius 1 is 1.20 bits per heavy atom. The predicted octanol–water partition coefficient (Wildman–Crippen LogP) is 1.92. The van der Waals surface area contributed by atoms with E-state index in [1.165, 1.54) is 6.07 Å². The van der Waals surface area contributed by atoms with Crippen molar-refractivity contribution in [2.45, 2.75) is 26.7 Å². The highest BCUT2D eigenvalue weighted by molar-refractivity contribution is 5.91. The Morgan fingerprint density at radius 3 is 2.20 bits per heavy atom. The zero-order valence-electron chi connectivity index (χ0n) is 8.74. The summed E-state index contributed by atoms with van der Waals surface area (Å²) < 4.78 is 0. The van der Waals surface area contributed by atoms with E-state index in [0.29, 0.717) is 18.4 Å². The number of phenolic OH excluding ortho intramolecular Hbond substituents is 2. The van der Waals surface area contributed by atoms with Gasteiger partial charge in [-0.3, -0.25) is 0 Å². The fraction of sp³-hybridized carbons (Fsp3) is 0.364. The van der Waals surface area contributed by atoms with Gasteiger partial charge >= 0.3 is 5.97 Å². The topological polar surface area (TPSA) is 77.8 Å². The summed E-state index contributed by atoms with van der Waals surface area (Å²) in [6.45, 7) is 3.51. The van der Waals surface area contributed by atoms with Crippen molar-refractivity contribution in [3.05, 3.63) is 22.8 Å². The molecular formula is C11H14O4.